The van der Waals surface area contributed by atoms with Crippen LogP contribution in [-0.2, 0) is 6.54 Å². The Morgan fingerprint density at radius 3 is 2.50 bits per heavy atom. The summed E-state index contributed by atoms with van der Waals surface area (Å²) in [6, 6.07) is 15.6. The Kier molecular flexibility index (Phi) is 4.62. The highest BCUT2D eigenvalue weighted by Crippen LogP contribution is 2.20. The predicted molar refractivity (Wildman–Crippen MR) is 80.2 cm³/mol. The fourth-order valence-electron chi connectivity index (χ4n) is 2.28. The van der Waals surface area contributed by atoms with Crippen molar-refractivity contribution in [3.05, 3.63) is 48.0 Å². The Hall–Kier alpha value is -1.05. The lowest BCUT2D eigenvalue weighted by Gasteiger charge is -2.26. The Morgan fingerprint density at radius 1 is 1.06 bits per heavy atom. The minimum Gasteiger partial charge on any atom is -0.295 e. The number of halogens is 1. The van der Waals surface area contributed by atoms with E-state index >= 15 is 0 Å². The van der Waals surface area contributed by atoms with Crippen molar-refractivity contribution in [2.45, 2.75) is 26.4 Å². The second kappa shape index (κ2) is 6.21. The zero-order chi connectivity index (χ0) is 13.0. The van der Waals surface area contributed by atoms with Crippen LogP contribution in [0.3, 0.4) is 0 Å². The first kappa shape index (κ1) is 13.4. The second-order valence-corrected chi connectivity index (χ2v) is 5.27. The first-order valence-electron chi connectivity index (χ1n) is 6.49. The monoisotopic (exact) mass is 261 g/mol. The van der Waals surface area contributed by atoms with Gasteiger partial charge in [-0.05, 0) is 30.2 Å². The lowest BCUT2D eigenvalue weighted by Crippen LogP contribution is -2.32. The summed E-state index contributed by atoms with van der Waals surface area (Å²) in [5.74, 6) is 0.683. The molecular weight excluding hydrogens is 242 g/mol. The van der Waals surface area contributed by atoms with Gasteiger partial charge in [0.25, 0.3) is 0 Å². The topological polar surface area (TPSA) is 3.24 Å². The molecule has 0 bridgehead atoms. The largest absolute Gasteiger partial charge is 0.295 e. The van der Waals surface area contributed by atoms with Gasteiger partial charge in [-0.15, -0.1) is 11.6 Å². The fourth-order valence-corrected chi connectivity index (χ4v) is 2.49. The van der Waals surface area contributed by atoms with Gasteiger partial charge in [0.2, 0.25) is 0 Å². The van der Waals surface area contributed by atoms with Crippen molar-refractivity contribution in [1.29, 1.82) is 0 Å². The molecule has 2 heteroatoms. The van der Waals surface area contributed by atoms with Crippen LogP contribution in [0, 0.1) is 0 Å². The number of alkyl halides is 1. The Bertz CT molecular complexity index is 502. The third-order valence-corrected chi connectivity index (χ3v) is 3.52. The van der Waals surface area contributed by atoms with Gasteiger partial charge in [0.15, 0.2) is 0 Å². The molecule has 0 heterocycles. The molecule has 0 atom stereocenters. The second-order valence-electron chi connectivity index (χ2n) is 4.89. The van der Waals surface area contributed by atoms with Crippen LogP contribution in [0.2, 0.25) is 0 Å². The molecule has 0 amide bonds. The lowest BCUT2D eigenvalue weighted by molar-refractivity contribution is 0.227. The van der Waals surface area contributed by atoms with E-state index in [0.29, 0.717) is 11.9 Å². The maximum Gasteiger partial charge on any atom is 0.0351 e. The number of hydrogen-bond donors (Lipinski definition) is 0. The summed E-state index contributed by atoms with van der Waals surface area (Å²) in [6.07, 6.45) is 0. The number of hydrogen-bond acceptors (Lipinski definition) is 1. The summed E-state index contributed by atoms with van der Waals surface area (Å²) in [4.78, 5) is 2.41. The van der Waals surface area contributed by atoms with E-state index < -0.39 is 0 Å². The number of nitrogens with zero attached hydrogens (tertiary/aromatic N) is 1. The average Bonchev–Trinajstić information content (AvgIpc) is 2.38. The van der Waals surface area contributed by atoms with Gasteiger partial charge in [0, 0.05) is 25.0 Å². The summed E-state index contributed by atoms with van der Waals surface area (Å²) in [7, 11) is 0. The van der Waals surface area contributed by atoms with Crippen molar-refractivity contribution in [1.82, 2.24) is 4.90 Å². The van der Waals surface area contributed by atoms with E-state index in [0.717, 1.165) is 13.1 Å². The standard InChI is InChI=1S/C16H20ClN/c1-13(2)18(11-10-17)12-15-8-5-7-14-6-3-4-9-16(14)15/h3-9,13H,10-12H2,1-2H3. The van der Waals surface area contributed by atoms with Crippen molar-refractivity contribution >= 4 is 22.4 Å². The molecule has 0 saturated carbocycles. The molecule has 0 spiro atoms. The van der Waals surface area contributed by atoms with Gasteiger partial charge in [-0.3, -0.25) is 4.90 Å². The third-order valence-electron chi connectivity index (χ3n) is 3.36. The Morgan fingerprint density at radius 2 is 1.78 bits per heavy atom. The first-order valence-corrected chi connectivity index (χ1v) is 7.02. The van der Waals surface area contributed by atoms with Gasteiger partial charge in [-0.1, -0.05) is 42.5 Å². The molecule has 1 nitrogen and oxygen atoms in total. The molecule has 0 radical (unpaired) electrons. The van der Waals surface area contributed by atoms with Gasteiger partial charge < -0.3 is 0 Å². The summed E-state index contributed by atoms with van der Waals surface area (Å²) in [6.45, 7) is 6.34. The molecule has 0 N–H and O–H groups in total. The average molecular weight is 262 g/mol. The predicted octanol–water partition coefficient (Wildman–Crippen LogP) is 4.29. The van der Waals surface area contributed by atoms with E-state index in [9.17, 15) is 0 Å². The van der Waals surface area contributed by atoms with Crippen LogP contribution in [0.25, 0.3) is 10.8 Å². The van der Waals surface area contributed by atoms with Gasteiger partial charge in [0.1, 0.15) is 0 Å². The number of rotatable bonds is 5. The molecule has 2 rings (SSSR count). The fraction of sp³-hybridized carbons (Fsp3) is 0.375. The van der Waals surface area contributed by atoms with Crippen LogP contribution in [0.5, 0.6) is 0 Å². The molecule has 0 fully saturated rings. The van der Waals surface area contributed by atoms with Crippen LogP contribution in [0.4, 0.5) is 0 Å². The summed E-state index contributed by atoms with van der Waals surface area (Å²) < 4.78 is 0. The van der Waals surface area contributed by atoms with Gasteiger partial charge in [0.05, 0.1) is 0 Å². The highest BCUT2D eigenvalue weighted by molar-refractivity contribution is 6.18. The molecule has 0 saturated heterocycles. The molecule has 0 aliphatic carbocycles. The summed E-state index contributed by atoms with van der Waals surface area (Å²) in [5, 5.41) is 2.66. The first-order chi connectivity index (χ1) is 8.72. The van der Waals surface area contributed by atoms with Gasteiger partial charge in [-0.2, -0.15) is 0 Å². The van der Waals surface area contributed by atoms with Crippen molar-refractivity contribution in [3.63, 3.8) is 0 Å². The molecular formula is C16H20ClN. The maximum atomic E-state index is 5.88. The number of fused-ring (bicyclic) bond motifs is 1. The Balaban J connectivity index is 2.30. The van der Waals surface area contributed by atoms with Crippen molar-refractivity contribution in [3.8, 4) is 0 Å². The highest BCUT2D eigenvalue weighted by atomic mass is 35.5. The lowest BCUT2D eigenvalue weighted by atomic mass is 10.0. The van der Waals surface area contributed by atoms with Crippen LogP contribution in [0.15, 0.2) is 42.5 Å². The van der Waals surface area contributed by atoms with Crippen molar-refractivity contribution in [2.75, 3.05) is 12.4 Å². The summed E-state index contributed by atoms with van der Waals surface area (Å²) >= 11 is 5.88. The van der Waals surface area contributed by atoms with Crippen LogP contribution < -0.4 is 0 Å². The van der Waals surface area contributed by atoms with Crippen molar-refractivity contribution < 1.29 is 0 Å². The molecule has 0 aromatic heterocycles. The van der Waals surface area contributed by atoms with E-state index in [2.05, 4.69) is 61.2 Å². The van der Waals surface area contributed by atoms with E-state index in [1.165, 1.54) is 16.3 Å². The summed E-state index contributed by atoms with van der Waals surface area (Å²) in [5.41, 5.74) is 1.38. The molecule has 0 aliphatic heterocycles. The van der Waals surface area contributed by atoms with E-state index in [1.807, 2.05) is 0 Å². The van der Waals surface area contributed by atoms with Gasteiger partial charge in [-0.25, -0.2) is 0 Å². The SMILES string of the molecule is CC(C)N(CCCl)Cc1cccc2ccccc12. The van der Waals surface area contributed by atoms with Crippen molar-refractivity contribution in [2.24, 2.45) is 0 Å². The molecule has 0 aliphatic rings. The third kappa shape index (κ3) is 3.04. The van der Waals surface area contributed by atoms with E-state index in [1.54, 1.807) is 0 Å². The smallest absolute Gasteiger partial charge is 0.0351 e. The zero-order valence-electron chi connectivity index (χ0n) is 11.1. The van der Waals surface area contributed by atoms with E-state index in [4.69, 9.17) is 11.6 Å². The van der Waals surface area contributed by atoms with Gasteiger partial charge >= 0.3 is 0 Å². The quantitative estimate of drug-likeness (QED) is 0.726. The molecule has 2 aromatic rings. The molecule has 18 heavy (non-hydrogen) atoms. The minimum absolute atomic E-state index is 0.516. The normalized spacial score (nSPS) is 11.6. The molecule has 0 unspecified atom stereocenters. The van der Waals surface area contributed by atoms with E-state index in [-0.39, 0.29) is 0 Å². The van der Waals surface area contributed by atoms with Crippen LogP contribution in [-0.4, -0.2) is 23.4 Å². The molecule has 2 aromatic carbocycles. The maximum absolute atomic E-state index is 5.88. The van der Waals surface area contributed by atoms with Crippen LogP contribution in [0.1, 0.15) is 19.4 Å². The minimum atomic E-state index is 0.516. The van der Waals surface area contributed by atoms with Crippen LogP contribution >= 0.6 is 11.6 Å². The highest BCUT2D eigenvalue weighted by Gasteiger charge is 2.10. The zero-order valence-corrected chi connectivity index (χ0v) is 11.8. The molecule has 96 valence electrons. The Labute approximate surface area is 114 Å². The number of benzene rings is 2.